The van der Waals surface area contributed by atoms with Gasteiger partial charge in [-0.15, -0.1) is 0 Å². The molecule has 1 aliphatic rings. The summed E-state index contributed by atoms with van der Waals surface area (Å²) in [4.78, 5) is 26.3. The van der Waals surface area contributed by atoms with Crippen LogP contribution in [-0.2, 0) is 24.3 Å². The van der Waals surface area contributed by atoms with Crippen LogP contribution in [0.4, 0.5) is 0 Å². The molecule has 6 rings (SSSR count). The number of rotatable bonds is 5. The first-order valence-corrected chi connectivity index (χ1v) is 12.1. The Hall–Kier alpha value is -4.19. The fourth-order valence-electron chi connectivity index (χ4n) is 5.29. The lowest BCUT2D eigenvalue weighted by Gasteiger charge is -2.25. The van der Waals surface area contributed by atoms with Gasteiger partial charge in [0.05, 0.1) is 29.8 Å². The Bertz CT molecular complexity index is 1540. The van der Waals surface area contributed by atoms with Crippen molar-refractivity contribution < 1.29 is 4.79 Å². The maximum absolute atomic E-state index is 13.3. The molecule has 2 aromatic heterocycles. The van der Waals surface area contributed by atoms with Crippen LogP contribution in [-0.4, -0.2) is 20.3 Å². The van der Waals surface area contributed by atoms with Crippen LogP contribution >= 0.6 is 0 Å². The lowest BCUT2D eigenvalue weighted by atomic mass is 9.93. The van der Waals surface area contributed by atoms with Crippen LogP contribution in [0, 0.1) is 0 Å². The third-order valence-corrected chi connectivity index (χ3v) is 6.95. The van der Waals surface area contributed by atoms with Gasteiger partial charge < -0.3 is 9.88 Å². The molecule has 1 N–H and O–H groups in total. The molecule has 1 atom stereocenters. The summed E-state index contributed by atoms with van der Waals surface area (Å²) < 4.78 is 4.01. The van der Waals surface area contributed by atoms with Crippen LogP contribution in [0.2, 0.25) is 0 Å². The monoisotopic (exact) mass is 462 g/mol. The number of carbonyl (C=O) groups excluding carboxylic acids is 1. The number of hydrogen-bond donors (Lipinski definition) is 1. The molecular formula is C29H26N4O2. The summed E-state index contributed by atoms with van der Waals surface area (Å²) in [5.74, 6) is -0.0717. The van der Waals surface area contributed by atoms with Crippen molar-refractivity contribution in [3.05, 3.63) is 112 Å². The van der Waals surface area contributed by atoms with Crippen molar-refractivity contribution in [2.75, 3.05) is 0 Å². The number of aromatic nitrogens is 3. The summed E-state index contributed by atoms with van der Waals surface area (Å²) in [6.45, 7) is 0.873. The third kappa shape index (κ3) is 3.91. The van der Waals surface area contributed by atoms with E-state index in [1.165, 1.54) is 11.3 Å². The van der Waals surface area contributed by atoms with Gasteiger partial charge in [-0.05, 0) is 49.1 Å². The summed E-state index contributed by atoms with van der Waals surface area (Å²) in [7, 11) is 0. The van der Waals surface area contributed by atoms with E-state index in [9.17, 15) is 9.59 Å². The predicted octanol–water partition coefficient (Wildman–Crippen LogP) is 4.59. The zero-order valence-corrected chi connectivity index (χ0v) is 19.4. The van der Waals surface area contributed by atoms with Crippen molar-refractivity contribution in [2.24, 2.45) is 0 Å². The zero-order chi connectivity index (χ0) is 23.8. The zero-order valence-electron chi connectivity index (χ0n) is 19.4. The summed E-state index contributed by atoms with van der Waals surface area (Å²) in [5, 5.41) is 9.16. The molecule has 1 unspecified atom stereocenters. The average molecular weight is 463 g/mol. The fourth-order valence-corrected chi connectivity index (χ4v) is 5.29. The highest BCUT2D eigenvalue weighted by Gasteiger charge is 2.26. The van der Waals surface area contributed by atoms with Crippen LogP contribution in [0.15, 0.2) is 89.9 Å². The molecule has 3 aromatic carbocycles. The van der Waals surface area contributed by atoms with Crippen molar-refractivity contribution in [3.63, 3.8) is 0 Å². The number of nitrogens with zero attached hydrogens (tertiary/aromatic N) is 3. The van der Waals surface area contributed by atoms with Gasteiger partial charge in [0.15, 0.2) is 5.43 Å². The van der Waals surface area contributed by atoms with E-state index >= 15 is 0 Å². The van der Waals surface area contributed by atoms with Crippen LogP contribution in [0.1, 0.15) is 35.7 Å². The molecule has 2 heterocycles. The molecule has 0 aliphatic heterocycles. The van der Waals surface area contributed by atoms with Gasteiger partial charge in [-0.3, -0.25) is 14.3 Å². The quantitative estimate of drug-likeness (QED) is 0.388. The highest BCUT2D eigenvalue weighted by molar-refractivity contribution is 5.94. The van der Waals surface area contributed by atoms with Gasteiger partial charge >= 0.3 is 0 Å². The minimum Gasteiger partial charge on any atom is -0.348 e. The maximum atomic E-state index is 13.3. The van der Waals surface area contributed by atoms with Crippen LogP contribution in [0.25, 0.3) is 21.8 Å². The Labute approximate surface area is 202 Å². The lowest BCUT2D eigenvalue weighted by Crippen LogP contribution is -2.34. The minimum atomic E-state index is -0.0717. The maximum Gasteiger partial charge on any atom is 0.240 e. The Balaban J connectivity index is 1.29. The molecule has 5 aromatic rings. The standard InChI is InChI=1S/C29H26N4O2/c34-28(19-32-25-14-6-4-11-21(25)29(35)22-12-5-7-15-26(22)32)31-24-13-8-16-27-23(24)17-30-33(27)18-20-9-2-1-3-10-20/h1-7,9-12,14-15,17,24H,8,13,16,18-19H2,(H,31,34). The summed E-state index contributed by atoms with van der Waals surface area (Å²) >= 11 is 0. The van der Waals surface area contributed by atoms with Gasteiger partial charge in [0.25, 0.3) is 0 Å². The predicted molar refractivity (Wildman–Crippen MR) is 137 cm³/mol. The Morgan fingerprint density at radius 1 is 0.914 bits per heavy atom. The molecule has 6 heteroatoms. The number of carbonyl (C=O) groups is 1. The number of hydrogen-bond acceptors (Lipinski definition) is 3. The Morgan fingerprint density at radius 2 is 1.57 bits per heavy atom. The van der Waals surface area contributed by atoms with E-state index in [4.69, 9.17) is 0 Å². The molecule has 0 bridgehead atoms. The third-order valence-electron chi connectivity index (χ3n) is 6.95. The van der Waals surface area contributed by atoms with Crippen molar-refractivity contribution in [1.82, 2.24) is 19.7 Å². The van der Waals surface area contributed by atoms with Crippen molar-refractivity contribution in [2.45, 2.75) is 38.4 Å². The first kappa shape index (κ1) is 21.4. The summed E-state index contributed by atoms with van der Waals surface area (Å²) in [6.07, 6.45) is 4.76. The molecule has 35 heavy (non-hydrogen) atoms. The first-order chi connectivity index (χ1) is 17.2. The second-order valence-corrected chi connectivity index (χ2v) is 9.15. The van der Waals surface area contributed by atoms with Crippen molar-refractivity contribution in [1.29, 1.82) is 0 Å². The number of fused-ring (bicyclic) bond motifs is 3. The average Bonchev–Trinajstić information content (AvgIpc) is 3.31. The highest BCUT2D eigenvalue weighted by atomic mass is 16.2. The second-order valence-electron chi connectivity index (χ2n) is 9.15. The van der Waals surface area contributed by atoms with E-state index < -0.39 is 0 Å². The van der Waals surface area contributed by atoms with Crippen LogP contribution in [0.3, 0.4) is 0 Å². The van der Waals surface area contributed by atoms with Crippen molar-refractivity contribution >= 4 is 27.7 Å². The molecule has 0 saturated heterocycles. The number of pyridine rings is 1. The molecule has 174 valence electrons. The van der Waals surface area contributed by atoms with Gasteiger partial charge in [0, 0.05) is 22.0 Å². The van der Waals surface area contributed by atoms with E-state index in [-0.39, 0.29) is 23.9 Å². The van der Waals surface area contributed by atoms with Gasteiger partial charge in [0.1, 0.15) is 6.54 Å². The topological polar surface area (TPSA) is 68.9 Å². The molecule has 6 nitrogen and oxygen atoms in total. The second kappa shape index (κ2) is 8.87. The SMILES string of the molecule is O=C(Cn1c2ccccc2c(=O)c2ccccc21)NC1CCCc2c1cnn2Cc1ccccc1. The van der Waals surface area contributed by atoms with E-state index in [1.807, 2.05) is 77.5 Å². The molecule has 0 fully saturated rings. The lowest BCUT2D eigenvalue weighted by molar-refractivity contribution is -0.122. The van der Waals surface area contributed by atoms with Crippen LogP contribution < -0.4 is 10.7 Å². The van der Waals surface area contributed by atoms with Gasteiger partial charge in [-0.2, -0.15) is 5.10 Å². The Kier molecular flexibility index (Phi) is 5.41. The number of amides is 1. The normalized spacial score (nSPS) is 15.3. The summed E-state index contributed by atoms with van der Waals surface area (Å²) in [6, 6.07) is 25.2. The Morgan fingerprint density at radius 3 is 2.29 bits per heavy atom. The van der Waals surface area contributed by atoms with Gasteiger partial charge in [-0.1, -0.05) is 54.6 Å². The number of nitrogens with one attached hydrogen (secondary N) is 1. The first-order valence-electron chi connectivity index (χ1n) is 12.1. The smallest absolute Gasteiger partial charge is 0.240 e. The largest absolute Gasteiger partial charge is 0.348 e. The van der Waals surface area contributed by atoms with Gasteiger partial charge in [-0.25, -0.2) is 0 Å². The highest BCUT2D eigenvalue weighted by Crippen LogP contribution is 2.30. The summed E-state index contributed by atoms with van der Waals surface area (Å²) in [5.41, 5.74) is 5.05. The molecule has 1 amide bonds. The van der Waals surface area contributed by atoms with Gasteiger partial charge in [0.2, 0.25) is 5.91 Å². The fraction of sp³-hybridized carbons (Fsp3) is 0.207. The van der Waals surface area contributed by atoms with E-state index in [2.05, 4.69) is 27.2 Å². The molecule has 1 aliphatic carbocycles. The van der Waals surface area contributed by atoms with Crippen molar-refractivity contribution in [3.8, 4) is 0 Å². The molecule has 0 radical (unpaired) electrons. The number of para-hydroxylation sites is 2. The van der Waals surface area contributed by atoms with E-state index in [0.717, 1.165) is 42.4 Å². The van der Waals surface area contributed by atoms with E-state index in [0.29, 0.717) is 10.8 Å². The number of benzene rings is 3. The minimum absolute atomic E-state index is 0.00406. The molecule has 0 saturated carbocycles. The molecule has 0 spiro atoms. The van der Waals surface area contributed by atoms with Crippen LogP contribution in [0.5, 0.6) is 0 Å². The molecular weight excluding hydrogens is 436 g/mol. The van der Waals surface area contributed by atoms with E-state index in [1.54, 1.807) is 0 Å².